The number of nitrogen functional groups attached to an aromatic ring is 1. The zero-order valence-corrected chi connectivity index (χ0v) is 6.94. The van der Waals surface area contributed by atoms with E-state index in [0.717, 1.165) is 11.1 Å². The number of halogens is 1. The maximum absolute atomic E-state index is 5.74. The van der Waals surface area contributed by atoms with Gasteiger partial charge in [0.15, 0.2) is 0 Å². The van der Waals surface area contributed by atoms with E-state index in [1.807, 2.05) is 6.92 Å². The summed E-state index contributed by atoms with van der Waals surface area (Å²) in [6.45, 7) is 1.90. The van der Waals surface area contributed by atoms with Crippen LogP contribution in [-0.4, -0.2) is 0 Å². The van der Waals surface area contributed by atoms with E-state index in [-0.39, 0.29) is 0 Å². The first-order valence-corrected chi connectivity index (χ1v) is 3.55. The molecule has 0 fully saturated rings. The molecule has 0 aliphatic rings. The predicted molar refractivity (Wildman–Crippen MR) is 48.5 cm³/mol. The van der Waals surface area contributed by atoms with Crippen molar-refractivity contribution in [3.05, 3.63) is 28.3 Å². The number of nitrogens with two attached hydrogens (primary N) is 1. The van der Waals surface area contributed by atoms with Gasteiger partial charge in [-0.3, -0.25) is 0 Å². The van der Waals surface area contributed by atoms with Crippen LogP contribution < -0.4 is 5.73 Å². The van der Waals surface area contributed by atoms with Gasteiger partial charge < -0.3 is 5.73 Å². The average Bonchev–Trinajstić information content (AvgIpc) is 1.97. The smallest absolute Gasteiger partial charge is 0.0648 e. The van der Waals surface area contributed by atoms with E-state index < -0.39 is 0 Å². The van der Waals surface area contributed by atoms with Crippen molar-refractivity contribution < 1.29 is 0 Å². The summed E-state index contributed by atoms with van der Waals surface area (Å²) >= 11 is 5.74. The van der Waals surface area contributed by atoms with Gasteiger partial charge in [0.2, 0.25) is 0 Å². The van der Waals surface area contributed by atoms with Crippen LogP contribution in [0.25, 0.3) is 0 Å². The third kappa shape index (κ3) is 1.47. The SMILES string of the molecule is C#Cc1cc(Cl)c(N)cc1C. The molecule has 0 radical (unpaired) electrons. The standard InChI is InChI=1S/C9H8ClN/c1-3-7-5-8(10)9(11)4-6(7)2/h1,4-5H,11H2,2H3. The molecule has 2 heteroatoms. The minimum absolute atomic E-state index is 0.517. The third-order valence-electron chi connectivity index (χ3n) is 1.50. The Morgan fingerprint density at radius 2 is 2.18 bits per heavy atom. The molecule has 0 aromatic heterocycles. The van der Waals surface area contributed by atoms with Crippen LogP contribution in [0.5, 0.6) is 0 Å². The predicted octanol–water partition coefficient (Wildman–Crippen LogP) is 2.21. The molecule has 0 unspecified atom stereocenters. The largest absolute Gasteiger partial charge is 0.398 e. The second-order valence-corrected chi connectivity index (χ2v) is 2.74. The van der Waals surface area contributed by atoms with Crippen molar-refractivity contribution >= 4 is 17.3 Å². The fourth-order valence-electron chi connectivity index (χ4n) is 0.859. The molecule has 1 nitrogen and oxygen atoms in total. The average molecular weight is 166 g/mol. The lowest BCUT2D eigenvalue weighted by Crippen LogP contribution is -1.90. The molecule has 11 heavy (non-hydrogen) atoms. The van der Waals surface area contributed by atoms with Crippen molar-refractivity contribution in [2.75, 3.05) is 5.73 Å². The molecule has 2 N–H and O–H groups in total. The Labute approximate surface area is 71.2 Å². The Hall–Kier alpha value is -1.13. The molecule has 0 bridgehead atoms. The van der Waals surface area contributed by atoms with Gasteiger partial charge in [-0.2, -0.15) is 0 Å². The highest BCUT2D eigenvalue weighted by Gasteiger charge is 1.99. The van der Waals surface area contributed by atoms with E-state index in [9.17, 15) is 0 Å². The molecule has 56 valence electrons. The highest BCUT2D eigenvalue weighted by Crippen LogP contribution is 2.22. The summed E-state index contributed by atoms with van der Waals surface area (Å²) in [4.78, 5) is 0. The summed E-state index contributed by atoms with van der Waals surface area (Å²) in [5.74, 6) is 2.52. The Bertz CT molecular complexity index is 323. The number of benzene rings is 1. The first-order valence-electron chi connectivity index (χ1n) is 3.17. The van der Waals surface area contributed by atoms with E-state index in [0.29, 0.717) is 10.7 Å². The minimum Gasteiger partial charge on any atom is -0.398 e. The van der Waals surface area contributed by atoms with Crippen molar-refractivity contribution in [3.63, 3.8) is 0 Å². The van der Waals surface area contributed by atoms with Crippen molar-refractivity contribution in [2.24, 2.45) is 0 Å². The topological polar surface area (TPSA) is 26.0 Å². The molecule has 1 rings (SSSR count). The molecular weight excluding hydrogens is 158 g/mol. The summed E-state index contributed by atoms with van der Waals surface area (Å²) in [6.07, 6.45) is 5.22. The molecule has 0 atom stereocenters. The zero-order chi connectivity index (χ0) is 8.43. The van der Waals surface area contributed by atoms with Crippen LogP contribution in [0.15, 0.2) is 12.1 Å². The second-order valence-electron chi connectivity index (χ2n) is 2.33. The lowest BCUT2D eigenvalue weighted by Gasteiger charge is -2.01. The Morgan fingerprint density at radius 1 is 1.55 bits per heavy atom. The lowest BCUT2D eigenvalue weighted by molar-refractivity contribution is 1.44. The number of hydrogen-bond acceptors (Lipinski definition) is 1. The van der Waals surface area contributed by atoms with Crippen LogP contribution in [0.2, 0.25) is 5.02 Å². The fourth-order valence-corrected chi connectivity index (χ4v) is 1.02. The maximum atomic E-state index is 5.74. The first-order chi connectivity index (χ1) is 5.15. The maximum Gasteiger partial charge on any atom is 0.0648 e. The summed E-state index contributed by atoms with van der Waals surface area (Å²) in [7, 11) is 0. The fraction of sp³-hybridized carbons (Fsp3) is 0.111. The van der Waals surface area contributed by atoms with Gasteiger partial charge in [0.25, 0.3) is 0 Å². The van der Waals surface area contributed by atoms with E-state index >= 15 is 0 Å². The van der Waals surface area contributed by atoms with Gasteiger partial charge >= 0.3 is 0 Å². The van der Waals surface area contributed by atoms with Gasteiger partial charge in [0.1, 0.15) is 0 Å². The van der Waals surface area contributed by atoms with E-state index in [2.05, 4.69) is 5.92 Å². The number of anilines is 1. The number of aryl methyl sites for hydroxylation is 1. The molecule has 0 spiro atoms. The first kappa shape index (κ1) is 7.97. The van der Waals surface area contributed by atoms with Crippen LogP contribution in [0.1, 0.15) is 11.1 Å². The zero-order valence-electron chi connectivity index (χ0n) is 6.19. The molecule has 1 aromatic rings. The van der Waals surface area contributed by atoms with Crippen molar-refractivity contribution in [1.29, 1.82) is 0 Å². The molecule has 0 amide bonds. The quantitative estimate of drug-likeness (QED) is 0.463. The lowest BCUT2D eigenvalue weighted by atomic mass is 10.1. The van der Waals surface area contributed by atoms with Crippen molar-refractivity contribution in [3.8, 4) is 12.3 Å². The van der Waals surface area contributed by atoms with Crippen molar-refractivity contribution in [1.82, 2.24) is 0 Å². The van der Waals surface area contributed by atoms with Crippen molar-refractivity contribution in [2.45, 2.75) is 6.92 Å². The number of terminal acetylenes is 1. The summed E-state index contributed by atoms with van der Waals surface area (Å²) < 4.78 is 0. The number of rotatable bonds is 0. The monoisotopic (exact) mass is 165 g/mol. The van der Waals surface area contributed by atoms with Crippen LogP contribution >= 0.6 is 11.6 Å². The molecule has 0 saturated heterocycles. The van der Waals surface area contributed by atoms with Crippen LogP contribution in [0.3, 0.4) is 0 Å². The van der Waals surface area contributed by atoms with Gasteiger partial charge in [0.05, 0.1) is 10.7 Å². The van der Waals surface area contributed by atoms with Gasteiger partial charge in [-0.1, -0.05) is 17.5 Å². The molecule has 0 heterocycles. The highest BCUT2D eigenvalue weighted by molar-refractivity contribution is 6.33. The van der Waals surface area contributed by atoms with Crippen LogP contribution in [-0.2, 0) is 0 Å². The normalized spacial score (nSPS) is 9.18. The minimum atomic E-state index is 0.517. The summed E-state index contributed by atoms with van der Waals surface area (Å²) in [6, 6.07) is 3.48. The van der Waals surface area contributed by atoms with Crippen LogP contribution in [0, 0.1) is 19.3 Å². The van der Waals surface area contributed by atoms with Gasteiger partial charge in [-0.05, 0) is 24.6 Å². The molecule has 1 aromatic carbocycles. The molecule has 0 saturated carbocycles. The Kier molecular flexibility index (Phi) is 2.07. The van der Waals surface area contributed by atoms with Gasteiger partial charge in [-0.15, -0.1) is 6.42 Å². The summed E-state index contributed by atoms with van der Waals surface area (Å²) in [5, 5.41) is 0.517. The van der Waals surface area contributed by atoms with E-state index in [4.69, 9.17) is 23.8 Å². The van der Waals surface area contributed by atoms with Crippen LogP contribution in [0.4, 0.5) is 5.69 Å². The van der Waals surface area contributed by atoms with Gasteiger partial charge in [-0.25, -0.2) is 0 Å². The molecule has 0 aliphatic heterocycles. The highest BCUT2D eigenvalue weighted by atomic mass is 35.5. The second kappa shape index (κ2) is 2.86. The van der Waals surface area contributed by atoms with Gasteiger partial charge in [0, 0.05) is 5.56 Å². The Morgan fingerprint density at radius 3 is 2.73 bits per heavy atom. The summed E-state index contributed by atoms with van der Waals surface area (Å²) in [5.41, 5.74) is 7.89. The molecule has 0 aliphatic carbocycles. The number of hydrogen-bond donors (Lipinski definition) is 1. The molecular formula is C9H8ClN. The Balaban J connectivity index is 3.35. The third-order valence-corrected chi connectivity index (χ3v) is 1.83. The van der Waals surface area contributed by atoms with E-state index in [1.165, 1.54) is 0 Å². The van der Waals surface area contributed by atoms with E-state index in [1.54, 1.807) is 12.1 Å².